The van der Waals surface area contributed by atoms with Crippen molar-refractivity contribution in [2.24, 2.45) is 27.6 Å². The molecule has 0 aromatic rings. The average molecular weight is 257 g/mol. The van der Waals surface area contributed by atoms with E-state index in [0.717, 1.165) is 0 Å². The molecule has 0 aromatic heterocycles. The molecule has 1 amide bonds. The summed E-state index contributed by atoms with van der Waals surface area (Å²) in [6, 6.07) is 0. The number of amides is 1. The fraction of sp³-hybridized carbons (Fsp3) is 0.846. The van der Waals surface area contributed by atoms with Crippen molar-refractivity contribution < 1.29 is 10.0 Å². The first kappa shape index (κ1) is 16.7. The third-order valence-corrected chi connectivity index (χ3v) is 3.93. The van der Waals surface area contributed by atoms with E-state index in [1.54, 1.807) is 6.92 Å². The van der Waals surface area contributed by atoms with E-state index in [2.05, 4.69) is 38.2 Å². The summed E-state index contributed by atoms with van der Waals surface area (Å²) in [6.07, 6.45) is 0.485. The van der Waals surface area contributed by atoms with Gasteiger partial charge in [0.1, 0.15) is 5.41 Å². The van der Waals surface area contributed by atoms with Crippen LogP contribution < -0.4 is 11.1 Å². The molecule has 0 rings (SSSR count). The Kier molecular flexibility index (Phi) is 5.64. The number of nitrogens with zero attached hydrogens (tertiary/aromatic N) is 1. The van der Waals surface area contributed by atoms with E-state index < -0.39 is 5.41 Å². The summed E-state index contributed by atoms with van der Waals surface area (Å²) in [7, 11) is 0. The van der Waals surface area contributed by atoms with Gasteiger partial charge in [-0.2, -0.15) is 0 Å². The number of nitrogens with two attached hydrogens (primary N) is 1. The third-order valence-electron chi connectivity index (χ3n) is 3.93. The second kappa shape index (κ2) is 6.07. The zero-order chi connectivity index (χ0) is 14.6. The molecule has 0 saturated carbocycles. The number of rotatable bonds is 5. The van der Waals surface area contributed by atoms with Crippen molar-refractivity contribution in [1.29, 1.82) is 0 Å². The monoisotopic (exact) mass is 257 g/mol. The molecular formula is C13H27N3O2. The molecular weight excluding hydrogens is 230 g/mol. The second-order valence-electron chi connectivity index (χ2n) is 6.15. The quantitative estimate of drug-likeness (QED) is 0.304. The van der Waals surface area contributed by atoms with Crippen LogP contribution in [0.15, 0.2) is 5.16 Å². The Balaban J connectivity index is 4.67. The Hall–Kier alpha value is -1.26. The van der Waals surface area contributed by atoms with Gasteiger partial charge in [0.2, 0.25) is 5.91 Å². The molecule has 0 saturated heterocycles. The first-order valence-corrected chi connectivity index (χ1v) is 6.35. The van der Waals surface area contributed by atoms with Crippen molar-refractivity contribution in [2.45, 2.75) is 48.0 Å². The van der Waals surface area contributed by atoms with E-state index in [1.807, 2.05) is 6.92 Å². The van der Waals surface area contributed by atoms with E-state index in [9.17, 15) is 4.79 Å². The van der Waals surface area contributed by atoms with Crippen molar-refractivity contribution in [3.63, 3.8) is 0 Å². The van der Waals surface area contributed by atoms with Gasteiger partial charge in [-0.3, -0.25) is 4.79 Å². The molecule has 0 heterocycles. The van der Waals surface area contributed by atoms with E-state index in [1.165, 1.54) is 0 Å². The maximum atomic E-state index is 12.1. The van der Waals surface area contributed by atoms with Crippen molar-refractivity contribution in [2.75, 3.05) is 6.54 Å². The molecule has 0 bridgehead atoms. The van der Waals surface area contributed by atoms with Crippen LogP contribution in [0.4, 0.5) is 0 Å². The van der Waals surface area contributed by atoms with Crippen LogP contribution >= 0.6 is 0 Å². The highest BCUT2D eigenvalue weighted by Gasteiger charge is 2.36. The minimum Gasteiger partial charge on any atom is -0.409 e. The summed E-state index contributed by atoms with van der Waals surface area (Å²) in [5.41, 5.74) is 4.77. The van der Waals surface area contributed by atoms with E-state index in [-0.39, 0.29) is 17.2 Å². The topological polar surface area (TPSA) is 87.7 Å². The summed E-state index contributed by atoms with van der Waals surface area (Å²) < 4.78 is 0. The first-order valence-electron chi connectivity index (χ1n) is 6.35. The number of carbonyl (C=O) groups is 1. The van der Waals surface area contributed by atoms with Gasteiger partial charge in [-0.15, -0.1) is 0 Å². The molecule has 0 aliphatic heterocycles. The lowest BCUT2D eigenvalue weighted by Gasteiger charge is -2.30. The van der Waals surface area contributed by atoms with Gasteiger partial charge in [-0.05, 0) is 24.7 Å². The van der Waals surface area contributed by atoms with Gasteiger partial charge in [0.05, 0.1) is 0 Å². The molecule has 106 valence electrons. The Morgan fingerprint density at radius 2 is 1.89 bits per heavy atom. The SMILES string of the molecule is CCC(C)(C(=O)NCC(C)C(C)(C)C)C(N)=NO. The minimum atomic E-state index is -0.952. The third kappa shape index (κ3) is 3.89. The number of hydrogen-bond acceptors (Lipinski definition) is 3. The molecule has 18 heavy (non-hydrogen) atoms. The van der Waals surface area contributed by atoms with Gasteiger partial charge in [-0.1, -0.05) is 39.8 Å². The largest absolute Gasteiger partial charge is 0.409 e. The first-order chi connectivity index (χ1) is 8.09. The van der Waals surface area contributed by atoms with Crippen molar-refractivity contribution in [3.8, 4) is 0 Å². The van der Waals surface area contributed by atoms with E-state index in [4.69, 9.17) is 10.9 Å². The summed E-state index contributed by atoms with van der Waals surface area (Å²) in [5.74, 6) is 0.0946. The van der Waals surface area contributed by atoms with Gasteiger partial charge < -0.3 is 16.3 Å². The van der Waals surface area contributed by atoms with Crippen molar-refractivity contribution in [3.05, 3.63) is 0 Å². The molecule has 4 N–H and O–H groups in total. The summed E-state index contributed by atoms with van der Waals surface area (Å²) in [5, 5.41) is 14.6. The van der Waals surface area contributed by atoms with Gasteiger partial charge in [0, 0.05) is 6.54 Å². The number of hydrogen-bond donors (Lipinski definition) is 3. The fourth-order valence-corrected chi connectivity index (χ4v) is 1.32. The molecule has 0 aliphatic carbocycles. The second-order valence-corrected chi connectivity index (χ2v) is 6.15. The Morgan fingerprint density at radius 3 is 2.22 bits per heavy atom. The highest BCUT2D eigenvalue weighted by atomic mass is 16.4. The molecule has 0 aliphatic rings. The molecule has 0 fully saturated rings. The van der Waals surface area contributed by atoms with Crippen molar-refractivity contribution >= 4 is 11.7 Å². The van der Waals surface area contributed by atoms with Gasteiger partial charge >= 0.3 is 0 Å². The Bertz CT molecular complexity index is 321. The van der Waals surface area contributed by atoms with Crippen LogP contribution in [0.3, 0.4) is 0 Å². The van der Waals surface area contributed by atoms with Crippen LogP contribution in [0, 0.1) is 16.7 Å². The van der Waals surface area contributed by atoms with Crippen LogP contribution in [0.5, 0.6) is 0 Å². The highest BCUT2D eigenvalue weighted by Crippen LogP contribution is 2.26. The molecule has 0 aromatic carbocycles. The molecule has 5 nitrogen and oxygen atoms in total. The summed E-state index contributed by atoms with van der Waals surface area (Å²) >= 11 is 0. The van der Waals surface area contributed by atoms with Crippen LogP contribution in [-0.2, 0) is 4.79 Å². The van der Waals surface area contributed by atoms with Crippen LogP contribution in [0.1, 0.15) is 48.0 Å². The van der Waals surface area contributed by atoms with Gasteiger partial charge in [0.25, 0.3) is 0 Å². The zero-order valence-electron chi connectivity index (χ0n) is 12.4. The van der Waals surface area contributed by atoms with Crippen LogP contribution in [0.25, 0.3) is 0 Å². The zero-order valence-corrected chi connectivity index (χ0v) is 12.4. The van der Waals surface area contributed by atoms with Crippen LogP contribution in [0.2, 0.25) is 0 Å². The van der Waals surface area contributed by atoms with E-state index >= 15 is 0 Å². The Morgan fingerprint density at radius 1 is 1.39 bits per heavy atom. The molecule has 2 unspecified atom stereocenters. The molecule has 0 radical (unpaired) electrons. The van der Waals surface area contributed by atoms with Gasteiger partial charge in [-0.25, -0.2) is 0 Å². The lowest BCUT2D eigenvalue weighted by atomic mass is 9.81. The van der Waals surface area contributed by atoms with Gasteiger partial charge in [0.15, 0.2) is 5.84 Å². The number of carbonyl (C=O) groups excluding carboxylic acids is 1. The standard InChI is InChI=1S/C13H27N3O2/c1-7-13(6,10(14)16-18)11(17)15-8-9(2)12(3,4)5/h9,18H,7-8H2,1-6H3,(H2,14,16)(H,15,17). The normalized spacial score (nSPS) is 18.0. The highest BCUT2D eigenvalue weighted by molar-refractivity contribution is 6.06. The van der Waals surface area contributed by atoms with Crippen molar-refractivity contribution in [1.82, 2.24) is 5.32 Å². The molecule has 2 atom stereocenters. The fourth-order valence-electron chi connectivity index (χ4n) is 1.32. The number of amidine groups is 1. The maximum absolute atomic E-state index is 12.1. The Labute approximate surface area is 110 Å². The smallest absolute Gasteiger partial charge is 0.233 e. The summed E-state index contributed by atoms with van der Waals surface area (Å²) in [4.78, 5) is 12.1. The molecule has 5 heteroatoms. The number of oxime groups is 1. The summed E-state index contributed by atoms with van der Waals surface area (Å²) in [6.45, 7) is 12.6. The minimum absolute atomic E-state index is 0.0501. The predicted octanol–water partition coefficient (Wildman–Crippen LogP) is 1.95. The lowest BCUT2D eigenvalue weighted by Crippen LogP contribution is -2.49. The number of nitrogens with one attached hydrogen (secondary N) is 1. The lowest BCUT2D eigenvalue weighted by molar-refractivity contribution is -0.127. The predicted molar refractivity (Wildman–Crippen MR) is 73.4 cm³/mol. The van der Waals surface area contributed by atoms with E-state index in [0.29, 0.717) is 18.9 Å². The maximum Gasteiger partial charge on any atom is 0.233 e. The average Bonchev–Trinajstić information content (AvgIpc) is 2.31. The van der Waals surface area contributed by atoms with Crippen LogP contribution in [-0.4, -0.2) is 23.5 Å². The molecule has 0 spiro atoms.